The lowest BCUT2D eigenvalue weighted by Crippen LogP contribution is -2.10. The molecule has 0 amide bonds. The Morgan fingerprint density at radius 1 is 1.50 bits per heavy atom. The van der Waals surface area contributed by atoms with Crippen LogP contribution >= 0.6 is 0 Å². The first-order chi connectivity index (χ1) is 8.35. The van der Waals surface area contributed by atoms with Crippen molar-refractivity contribution in [3.63, 3.8) is 0 Å². The van der Waals surface area contributed by atoms with E-state index in [0.29, 0.717) is 23.5 Å². The number of hydrogen-bond donors (Lipinski definition) is 1. The Morgan fingerprint density at radius 3 is 2.72 bits per heavy atom. The molecule has 1 rings (SSSR count). The van der Waals surface area contributed by atoms with Crippen LogP contribution in [0.25, 0.3) is 0 Å². The molecule has 0 fully saturated rings. The van der Waals surface area contributed by atoms with Gasteiger partial charge in [-0.1, -0.05) is 0 Å². The molecular weight excluding hydrogens is 251 g/mol. The summed E-state index contributed by atoms with van der Waals surface area (Å²) in [4.78, 5) is 0.441. The van der Waals surface area contributed by atoms with Crippen molar-refractivity contribution in [3.05, 3.63) is 24.0 Å². The highest BCUT2D eigenvalue weighted by Gasteiger charge is 2.16. The molecule has 18 heavy (non-hydrogen) atoms. The van der Waals surface area contributed by atoms with Crippen molar-refractivity contribution in [3.8, 4) is 6.07 Å². The van der Waals surface area contributed by atoms with E-state index < -0.39 is 22.0 Å². The molecule has 0 saturated carbocycles. The van der Waals surface area contributed by atoms with Gasteiger partial charge in [0.25, 0.3) is 0 Å². The normalized spacial score (nSPS) is 13.0. The summed E-state index contributed by atoms with van der Waals surface area (Å²) in [6, 6.07) is 6.40. The SMILES string of the molecule is CC(C)(C#N)CCCS(=O)c1ccc(N)c(F)c1. The van der Waals surface area contributed by atoms with E-state index in [2.05, 4.69) is 6.07 Å². The number of anilines is 1. The first kappa shape index (κ1) is 14.7. The smallest absolute Gasteiger partial charge is 0.147 e. The van der Waals surface area contributed by atoms with Gasteiger partial charge in [0.15, 0.2) is 0 Å². The highest BCUT2D eigenvalue weighted by Crippen LogP contribution is 2.22. The van der Waals surface area contributed by atoms with Crippen molar-refractivity contribution in [1.29, 1.82) is 5.26 Å². The molecule has 1 aromatic carbocycles. The third-order valence-electron chi connectivity index (χ3n) is 2.67. The summed E-state index contributed by atoms with van der Waals surface area (Å²) >= 11 is 0. The highest BCUT2D eigenvalue weighted by atomic mass is 32.2. The highest BCUT2D eigenvalue weighted by molar-refractivity contribution is 7.85. The topological polar surface area (TPSA) is 66.9 Å². The van der Waals surface area contributed by atoms with Crippen molar-refractivity contribution in [1.82, 2.24) is 0 Å². The lowest BCUT2D eigenvalue weighted by molar-refractivity contribution is 0.447. The molecule has 0 aliphatic carbocycles. The molecule has 0 aliphatic rings. The van der Waals surface area contributed by atoms with Crippen molar-refractivity contribution < 1.29 is 8.60 Å². The van der Waals surface area contributed by atoms with Crippen LogP contribution in [-0.4, -0.2) is 9.96 Å². The summed E-state index contributed by atoms with van der Waals surface area (Å²) < 4.78 is 25.1. The second kappa shape index (κ2) is 5.96. The molecule has 3 nitrogen and oxygen atoms in total. The Labute approximate surface area is 109 Å². The fraction of sp³-hybridized carbons (Fsp3) is 0.462. The van der Waals surface area contributed by atoms with Crippen LogP contribution in [0.3, 0.4) is 0 Å². The van der Waals surface area contributed by atoms with Crippen molar-refractivity contribution in [2.45, 2.75) is 31.6 Å². The van der Waals surface area contributed by atoms with E-state index in [4.69, 9.17) is 11.0 Å². The largest absolute Gasteiger partial charge is 0.396 e. The molecule has 1 aromatic rings. The van der Waals surface area contributed by atoms with Gasteiger partial charge in [-0.3, -0.25) is 4.21 Å². The average molecular weight is 268 g/mol. The number of nitrogens with two attached hydrogens (primary N) is 1. The molecule has 1 atom stereocenters. The molecule has 0 heterocycles. The lowest BCUT2D eigenvalue weighted by atomic mass is 9.90. The van der Waals surface area contributed by atoms with Gasteiger partial charge in [0.2, 0.25) is 0 Å². The van der Waals surface area contributed by atoms with Crippen LogP contribution in [-0.2, 0) is 10.8 Å². The predicted molar refractivity (Wildman–Crippen MR) is 70.7 cm³/mol. The second-order valence-electron chi connectivity index (χ2n) is 4.83. The van der Waals surface area contributed by atoms with Gasteiger partial charge < -0.3 is 5.73 Å². The third kappa shape index (κ3) is 4.11. The van der Waals surface area contributed by atoms with Crippen LogP contribution in [0.2, 0.25) is 0 Å². The maximum atomic E-state index is 13.2. The Kier molecular flexibility index (Phi) is 4.85. The minimum atomic E-state index is -1.24. The quantitative estimate of drug-likeness (QED) is 0.835. The van der Waals surface area contributed by atoms with Gasteiger partial charge in [-0.2, -0.15) is 5.26 Å². The number of nitrogen functional groups attached to an aromatic ring is 1. The van der Waals surface area contributed by atoms with E-state index in [1.807, 2.05) is 13.8 Å². The number of halogens is 1. The summed E-state index contributed by atoms with van der Waals surface area (Å²) in [7, 11) is -1.24. The summed E-state index contributed by atoms with van der Waals surface area (Å²) in [5.74, 6) is -0.118. The van der Waals surface area contributed by atoms with E-state index in [1.54, 1.807) is 6.07 Å². The summed E-state index contributed by atoms with van der Waals surface area (Å²) in [6.07, 6.45) is 1.34. The molecule has 2 N–H and O–H groups in total. The standard InChI is InChI=1S/C13H17FN2OS/c1-13(2,9-15)6-3-7-18(17)10-4-5-12(16)11(14)8-10/h4-5,8H,3,6-7,16H2,1-2H3. The Morgan fingerprint density at radius 2 is 2.17 bits per heavy atom. The van der Waals surface area contributed by atoms with E-state index in [-0.39, 0.29) is 5.69 Å². The van der Waals surface area contributed by atoms with Gasteiger partial charge in [-0.05, 0) is 44.9 Å². The number of hydrogen-bond acceptors (Lipinski definition) is 3. The van der Waals surface area contributed by atoms with Gasteiger partial charge in [-0.25, -0.2) is 4.39 Å². The van der Waals surface area contributed by atoms with E-state index in [0.717, 1.165) is 0 Å². The van der Waals surface area contributed by atoms with E-state index in [1.165, 1.54) is 12.1 Å². The zero-order valence-corrected chi connectivity index (χ0v) is 11.4. The van der Waals surface area contributed by atoms with Gasteiger partial charge in [0.05, 0.1) is 28.0 Å². The lowest BCUT2D eigenvalue weighted by Gasteiger charge is -2.14. The van der Waals surface area contributed by atoms with Crippen LogP contribution in [0.5, 0.6) is 0 Å². The van der Waals surface area contributed by atoms with Gasteiger partial charge in [0, 0.05) is 10.6 Å². The molecule has 0 aliphatic heterocycles. The minimum absolute atomic E-state index is 0.0568. The molecule has 0 spiro atoms. The van der Waals surface area contributed by atoms with Crippen LogP contribution < -0.4 is 5.73 Å². The number of benzene rings is 1. The molecule has 0 bridgehead atoms. The summed E-state index contributed by atoms with van der Waals surface area (Å²) in [5, 5.41) is 8.85. The van der Waals surface area contributed by atoms with Crippen LogP contribution in [0.4, 0.5) is 10.1 Å². The maximum Gasteiger partial charge on any atom is 0.147 e. The van der Waals surface area contributed by atoms with Crippen LogP contribution in [0, 0.1) is 22.6 Å². The molecule has 1 unspecified atom stereocenters. The third-order valence-corrected chi connectivity index (χ3v) is 4.11. The number of nitriles is 1. The van der Waals surface area contributed by atoms with E-state index in [9.17, 15) is 8.60 Å². The van der Waals surface area contributed by atoms with Gasteiger partial charge in [-0.15, -0.1) is 0 Å². The zero-order chi connectivity index (χ0) is 13.8. The predicted octanol–water partition coefficient (Wildman–Crippen LogP) is 2.85. The fourth-order valence-electron chi connectivity index (χ4n) is 1.47. The Bertz CT molecular complexity index is 494. The average Bonchev–Trinajstić information content (AvgIpc) is 2.32. The molecular formula is C13H17FN2OS. The Balaban J connectivity index is 2.56. The van der Waals surface area contributed by atoms with E-state index >= 15 is 0 Å². The monoisotopic (exact) mass is 268 g/mol. The summed E-state index contributed by atoms with van der Waals surface area (Å²) in [5.41, 5.74) is 5.00. The van der Waals surface area contributed by atoms with Crippen LogP contribution in [0.15, 0.2) is 23.1 Å². The van der Waals surface area contributed by atoms with Gasteiger partial charge in [0.1, 0.15) is 5.82 Å². The zero-order valence-electron chi connectivity index (χ0n) is 10.6. The summed E-state index contributed by atoms with van der Waals surface area (Å²) in [6.45, 7) is 3.69. The number of nitrogens with zero attached hydrogens (tertiary/aromatic N) is 1. The Hall–Kier alpha value is -1.41. The molecule has 98 valence electrons. The molecule has 0 saturated heterocycles. The number of rotatable bonds is 5. The molecule has 0 radical (unpaired) electrons. The van der Waals surface area contributed by atoms with Crippen molar-refractivity contribution in [2.75, 3.05) is 11.5 Å². The first-order valence-corrected chi connectivity index (χ1v) is 7.02. The second-order valence-corrected chi connectivity index (χ2v) is 6.40. The van der Waals surface area contributed by atoms with Crippen molar-refractivity contribution >= 4 is 16.5 Å². The van der Waals surface area contributed by atoms with Crippen molar-refractivity contribution in [2.24, 2.45) is 5.41 Å². The van der Waals surface area contributed by atoms with Crippen LogP contribution in [0.1, 0.15) is 26.7 Å². The first-order valence-electron chi connectivity index (χ1n) is 5.70. The molecule has 0 aromatic heterocycles. The molecule has 5 heteroatoms. The fourth-order valence-corrected chi connectivity index (χ4v) is 2.57. The van der Waals surface area contributed by atoms with Gasteiger partial charge >= 0.3 is 0 Å². The minimum Gasteiger partial charge on any atom is -0.396 e. The maximum absolute atomic E-state index is 13.2.